The minimum atomic E-state index is -0.231. The molecule has 0 atom stereocenters. The van der Waals surface area contributed by atoms with E-state index in [0.29, 0.717) is 24.6 Å². The lowest BCUT2D eigenvalue weighted by Gasteiger charge is -2.24. The van der Waals surface area contributed by atoms with Crippen molar-refractivity contribution in [3.05, 3.63) is 70.8 Å². The molecule has 1 saturated carbocycles. The third-order valence-corrected chi connectivity index (χ3v) is 6.76. The van der Waals surface area contributed by atoms with E-state index in [-0.39, 0.29) is 23.9 Å². The van der Waals surface area contributed by atoms with Crippen LogP contribution in [0.3, 0.4) is 0 Å². The second-order valence-electron chi connectivity index (χ2n) is 9.22. The number of amides is 1. The number of phenolic OH excluding ortho intramolecular Hbond substituents is 1. The van der Waals surface area contributed by atoms with Gasteiger partial charge in [-0.15, -0.1) is 0 Å². The molecule has 0 saturated heterocycles. The maximum Gasteiger partial charge on any atom is 0.229 e. The fourth-order valence-electron chi connectivity index (χ4n) is 5.03. The number of hydrogen-bond acceptors (Lipinski definition) is 4. The summed E-state index contributed by atoms with van der Waals surface area (Å²) in [6.45, 7) is 0. The Morgan fingerprint density at radius 3 is 2.61 bits per heavy atom. The molecule has 2 aromatic carbocycles. The first-order valence-corrected chi connectivity index (χ1v) is 11.8. The van der Waals surface area contributed by atoms with Crippen molar-refractivity contribution in [2.75, 3.05) is 5.32 Å². The normalized spacial score (nSPS) is 15.5. The molecule has 0 radical (unpaired) electrons. The first kappa shape index (κ1) is 21.6. The molecule has 2 aliphatic carbocycles. The van der Waals surface area contributed by atoms with Crippen molar-refractivity contribution in [2.45, 2.75) is 57.8 Å². The third-order valence-electron chi connectivity index (χ3n) is 6.76. The van der Waals surface area contributed by atoms with Gasteiger partial charge in [0.1, 0.15) is 11.6 Å². The first-order chi connectivity index (χ1) is 16.0. The number of aryl methyl sites for hydroxylation is 2. The molecular formula is C27H28FN3O2. The largest absolute Gasteiger partial charge is 0.508 e. The van der Waals surface area contributed by atoms with Crippen LogP contribution in [-0.2, 0) is 30.5 Å². The lowest BCUT2D eigenvalue weighted by atomic mass is 9.85. The summed E-state index contributed by atoms with van der Waals surface area (Å²) in [5, 5.41) is 12.5. The van der Waals surface area contributed by atoms with Crippen LogP contribution in [0.1, 0.15) is 54.6 Å². The Balaban J connectivity index is 1.46. The Labute approximate surface area is 193 Å². The SMILES string of the molecule is O=C(Cc1ccc(O)cc1)Nc1nc2c(nc1CC1CCCCC1)-c1ccc(F)cc1CC2. The fourth-order valence-corrected chi connectivity index (χ4v) is 5.03. The van der Waals surface area contributed by atoms with E-state index in [1.165, 1.54) is 38.2 Å². The van der Waals surface area contributed by atoms with Gasteiger partial charge in [-0.3, -0.25) is 4.79 Å². The van der Waals surface area contributed by atoms with Crippen molar-refractivity contribution < 1.29 is 14.3 Å². The number of carbonyl (C=O) groups excluding carboxylic acids is 1. The molecule has 1 heterocycles. The number of benzene rings is 2. The quantitative estimate of drug-likeness (QED) is 0.552. The maximum absolute atomic E-state index is 13.8. The van der Waals surface area contributed by atoms with Gasteiger partial charge in [-0.25, -0.2) is 14.4 Å². The summed E-state index contributed by atoms with van der Waals surface area (Å²) in [6, 6.07) is 11.5. The lowest BCUT2D eigenvalue weighted by molar-refractivity contribution is -0.115. The predicted molar refractivity (Wildman–Crippen MR) is 126 cm³/mol. The molecule has 3 aromatic rings. The van der Waals surface area contributed by atoms with Gasteiger partial charge in [-0.2, -0.15) is 0 Å². The molecule has 0 aliphatic heterocycles. The van der Waals surface area contributed by atoms with E-state index in [1.807, 2.05) is 0 Å². The molecule has 1 aromatic heterocycles. The molecule has 5 nitrogen and oxygen atoms in total. The van der Waals surface area contributed by atoms with Crippen LogP contribution in [-0.4, -0.2) is 21.0 Å². The number of phenols is 1. The monoisotopic (exact) mass is 445 g/mol. The van der Waals surface area contributed by atoms with Gasteiger partial charge >= 0.3 is 0 Å². The first-order valence-electron chi connectivity index (χ1n) is 11.8. The molecule has 0 spiro atoms. The van der Waals surface area contributed by atoms with Crippen molar-refractivity contribution in [2.24, 2.45) is 5.92 Å². The molecule has 170 valence electrons. The van der Waals surface area contributed by atoms with Crippen molar-refractivity contribution in [1.29, 1.82) is 0 Å². The Bertz CT molecular complexity index is 1170. The van der Waals surface area contributed by atoms with Gasteiger partial charge < -0.3 is 10.4 Å². The number of carbonyl (C=O) groups is 1. The van der Waals surface area contributed by atoms with Gasteiger partial charge in [0, 0.05) is 5.56 Å². The van der Waals surface area contributed by atoms with Gasteiger partial charge in [0.25, 0.3) is 0 Å². The Morgan fingerprint density at radius 1 is 1.03 bits per heavy atom. The van der Waals surface area contributed by atoms with E-state index < -0.39 is 0 Å². The van der Waals surface area contributed by atoms with Crippen LogP contribution in [0.5, 0.6) is 5.75 Å². The standard InChI is InChI=1S/C27H28FN3O2/c28-20-9-12-22-19(16-20)8-13-23-26(22)29-24(14-17-4-2-1-3-5-17)27(30-23)31-25(33)15-18-6-10-21(32)11-7-18/h6-7,9-12,16-17,32H,1-5,8,13-15H2,(H,30,31,33). The van der Waals surface area contributed by atoms with E-state index in [4.69, 9.17) is 9.97 Å². The van der Waals surface area contributed by atoms with Crippen LogP contribution in [0.15, 0.2) is 42.5 Å². The topological polar surface area (TPSA) is 75.1 Å². The van der Waals surface area contributed by atoms with Gasteiger partial charge in [-0.1, -0.05) is 44.2 Å². The van der Waals surface area contributed by atoms with Crippen molar-refractivity contribution in [3.8, 4) is 17.0 Å². The number of rotatable bonds is 5. The van der Waals surface area contributed by atoms with Crippen LogP contribution in [0, 0.1) is 11.7 Å². The predicted octanol–water partition coefficient (Wildman–Crippen LogP) is 5.39. The maximum atomic E-state index is 13.8. The molecule has 5 rings (SSSR count). The van der Waals surface area contributed by atoms with Crippen LogP contribution in [0.25, 0.3) is 11.3 Å². The van der Waals surface area contributed by atoms with Gasteiger partial charge in [0.05, 0.1) is 23.5 Å². The van der Waals surface area contributed by atoms with Crippen LogP contribution in [0.4, 0.5) is 10.2 Å². The molecule has 6 heteroatoms. The number of aromatic hydroxyl groups is 1. The Morgan fingerprint density at radius 2 is 1.82 bits per heavy atom. The zero-order valence-corrected chi connectivity index (χ0v) is 18.6. The zero-order chi connectivity index (χ0) is 22.8. The van der Waals surface area contributed by atoms with E-state index in [0.717, 1.165) is 40.2 Å². The fraction of sp³-hybridized carbons (Fsp3) is 0.370. The van der Waals surface area contributed by atoms with Gasteiger partial charge in [-0.05, 0) is 66.6 Å². The van der Waals surface area contributed by atoms with Crippen molar-refractivity contribution >= 4 is 11.7 Å². The number of aromatic nitrogens is 2. The molecule has 0 unspecified atom stereocenters. The lowest BCUT2D eigenvalue weighted by Crippen LogP contribution is -2.21. The van der Waals surface area contributed by atoms with Crippen molar-refractivity contribution in [3.63, 3.8) is 0 Å². The number of hydrogen-bond donors (Lipinski definition) is 2. The summed E-state index contributed by atoms with van der Waals surface area (Å²) >= 11 is 0. The van der Waals surface area contributed by atoms with Crippen LogP contribution < -0.4 is 5.32 Å². The summed E-state index contributed by atoms with van der Waals surface area (Å²) in [7, 11) is 0. The second kappa shape index (κ2) is 9.30. The molecule has 1 amide bonds. The van der Waals surface area contributed by atoms with Gasteiger partial charge in [0.15, 0.2) is 5.82 Å². The number of halogens is 1. The minimum Gasteiger partial charge on any atom is -0.508 e. The average molecular weight is 446 g/mol. The van der Waals surface area contributed by atoms with Gasteiger partial charge in [0.2, 0.25) is 5.91 Å². The third kappa shape index (κ3) is 4.90. The van der Waals surface area contributed by atoms with E-state index in [2.05, 4.69) is 5.32 Å². The molecule has 33 heavy (non-hydrogen) atoms. The summed E-state index contributed by atoms with van der Waals surface area (Å²) < 4.78 is 13.8. The number of nitrogens with one attached hydrogen (secondary N) is 1. The highest BCUT2D eigenvalue weighted by molar-refractivity contribution is 5.92. The highest BCUT2D eigenvalue weighted by Gasteiger charge is 2.25. The highest BCUT2D eigenvalue weighted by atomic mass is 19.1. The van der Waals surface area contributed by atoms with Crippen LogP contribution >= 0.6 is 0 Å². The summed E-state index contributed by atoms with van der Waals surface area (Å²) in [6.07, 6.45) is 8.43. The Hall–Kier alpha value is -3.28. The highest BCUT2D eigenvalue weighted by Crippen LogP contribution is 2.35. The number of nitrogens with zero attached hydrogens (tertiary/aromatic N) is 2. The smallest absolute Gasteiger partial charge is 0.229 e. The number of anilines is 1. The van der Waals surface area contributed by atoms with Crippen LogP contribution in [0.2, 0.25) is 0 Å². The molecular weight excluding hydrogens is 417 g/mol. The molecule has 2 N–H and O–H groups in total. The van der Waals surface area contributed by atoms with Crippen molar-refractivity contribution in [1.82, 2.24) is 9.97 Å². The second-order valence-corrected chi connectivity index (χ2v) is 9.22. The van der Waals surface area contributed by atoms with E-state index in [9.17, 15) is 14.3 Å². The minimum absolute atomic E-state index is 0.155. The van der Waals surface area contributed by atoms with E-state index >= 15 is 0 Å². The average Bonchev–Trinajstić information content (AvgIpc) is 2.81. The molecule has 0 bridgehead atoms. The molecule has 2 aliphatic rings. The summed E-state index contributed by atoms with van der Waals surface area (Å²) in [5.74, 6) is 0.877. The summed E-state index contributed by atoms with van der Waals surface area (Å²) in [5.41, 5.74) is 5.21. The molecule has 1 fully saturated rings. The Kier molecular flexibility index (Phi) is 6.07. The summed E-state index contributed by atoms with van der Waals surface area (Å²) in [4.78, 5) is 22.7. The van der Waals surface area contributed by atoms with E-state index in [1.54, 1.807) is 36.4 Å². The zero-order valence-electron chi connectivity index (χ0n) is 18.6. The number of fused-ring (bicyclic) bond motifs is 3.